The van der Waals surface area contributed by atoms with Crippen LogP contribution in [-0.2, 0) is 32.1 Å². The van der Waals surface area contributed by atoms with Crippen LogP contribution in [0.3, 0.4) is 0 Å². The van der Waals surface area contributed by atoms with E-state index < -0.39 is 6.04 Å². The van der Waals surface area contributed by atoms with E-state index in [9.17, 15) is 19.2 Å². The zero-order chi connectivity index (χ0) is 28.8. The number of nitrogens with one attached hydrogen (secondary N) is 1. The molecular formula is C31H35Cl2N3O4. The van der Waals surface area contributed by atoms with Crippen LogP contribution in [0.15, 0.2) is 60.7 Å². The number of benzene rings is 2. The molecule has 0 bridgehead atoms. The molecule has 1 fully saturated rings. The second kappa shape index (κ2) is 13.5. The Bertz CT molecular complexity index is 1240. The Morgan fingerprint density at radius 1 is 0.975 bits per heavy atom. The zero-order valence-corrected chi connectivity index (χ0v) is 24.3. The van der Waals surface area contributed by atoms with E-state index in [1.807, 2.05) is 56.3 Å². The molecule has 4 amide bonds. The molecule has 0 radical (unpaired) electrons. The molecule has 40 heavy (non-hydrogen) atoms. The Labute approximate surface area is 245 Å². The predicted molar refractivity (Wildman–Crippen MR) is 156 cm³/mol. The Morgan fingerprint density at radius 2 is 1.57 bits per heavy atom. The number of fused-ring (bicyclic) bond motifs is 1. The number of likely N-dealkylation sites (tertiary alicyclic amines) is 1. The van der Waals surface area contributed by atoms with Gasteiger partial charge in [0.1, 0.15) is 6.04 Å². The van der Waals surface area contributed by atoms with E-state index >= 15 is 0 Å². The number of allylic oxidation sites excluding steroid dienone is 2. The van der Waals surface area contributed by atoms with Gasteiger partial charge in [0.2, 0.25) is 23.6 Å². The van der Waals surface area contributed by atoms with E-state index in [0.29, 0.717) is 28.5 Å². The maximum absolute atomic E-state index is 13.9. The standard InChI is InChI=1S/C31H35Cl2N3O4/c1-3-20(2)34-29(38)27(18-21-10-5-4-6-11-21)36(19-24-25(32)14-9-15-26(24)33)28(37)16-17-35-30(39)22-12-7-8-13-23(22)31(35)40/h4-11,14-15,20,22-23,27H,3,12-13,16-19H2,1-2H3,(H,34,38)/t20-,22-,23+,27-/m1/s1. The Balaban J connectivity index is 1.63. The monoisotopic (exact) mass is 583 g/mol. The fourth-order valence-corrected chi connectivity index (χ4v) is 5.81. The van der Waals surface area contributed by atoms with Crippen molar-refractivity contribution in [2.75, 3.05) is 6.54 Å². The van der Waals surface area contributed by atoms with Gasteiger partial charge in [0.05, 0.1) is 11.8 Å². The molecule has 0 saturated carbocycles. The quantitative estimate of drug-likeness (QED) is 0.291. The summed E-state index contributed by atoms with van der Waals surface area (Å²) in [6.07, 6.45) is 5.81. The van der Waals surface area contributed by atoms with E-state index in [1.165, 1.54) is 9.80 Å². The molecule has 2 aromatic rings. The van der Waals surface area contributed by atoms with Gasteiger partial charge in [0.15, 0.2) is 0 Å². The minimum atomic E-state index is -0.868. The van der Waals surface area contributed by atoms with E-state index in [-0.39, 0.29) is 67.4 Å². The van der Waals surface area contributed by atoms with Gasteiger partial charge >= 0.3 is 0 Å². The first-order chi connectivity index (χ1) is 19.2. The second-order valence-corrected chi connectivity index (χ2v) is 11.3. The lowest BCUT2D eigenvalue weighted by molar-refractivity contribution is -0.144. The summed E-state index contributed by atoms with van der Waals surface area (Å²) in [6, 6.07) is 13.6. The maximum Gasteiger partial charge on any atom is 0.243 e. The van der Waals surface area contributed by atoms with E-state index in [1.54, 1.807) is 18.2 Å². The molecule has 1 N–H and O–H groups in total. The summed E-state index contributed by atoms with van der Waals surface area (Å²) in [5.74, 6) is -1.85. The van der Waals surface area contributed by atoms with Gasteiger partial charge in [0, 0.05) is 47.6 Å². The molecule has 0 spiro atoms. The van der Waals surface area contributed by atoms with Crippen molar-refractivity contribution >= 4 is 46.8 Å². The molecule has 1 aliphatic carbocycles. The molecule has 4 rings (SSSR count). The van der Waals surface area contributed by atoms with Crippen LogP contribution in [-0.4, -0.2) is 52.1 Å². The molecule has 0 aromatic heterocycles. The highest BCUT2D eigenvalue weighted by atomic mass is 35.5. The Kier molecular flexibility index (Phi) is 10.0. The highest BCUT2D eigenvalue weighted by molar-refractivity contribution is 6.36. The molecule has 1 aliphatic heterocycles. The van der Waals surface area contributed by atoms with Crippen LogP contribution in [0.25, 0.3) is 0 Å². The lowest BCUT2D eigenvalue weighted by Gasteiger charge is -2.33. The first-order valence-corrected chi connectivity index (χ1v) is 14.5. The molecule has 4 atom stereocenters. The fraction of sp³-hybridized carbons (Fsp3) is 0.419. The third-order valence-electron chi connectivity index (χ3n) is 7.81. The fourth-order valence-electron chi connectivity index (χ4n) is 5.29. The van der Waals surface area contributed by atoms with Crippen molar-refractivity contribution in [2.24, 2.45) is 11.8 Å². The number of hydrogen-bond acceptors (Lipinski definition) is 4. The van der Waals surface area contributed by atoms with Gasteiger partial charge in [-0.1, -0.05) is 78.7 Å². The molecule has 1 saturated heterocycles. The summed E-state index contributed by atoms with van der Waals surface area (Å²) in [5.41, 5.74) is 1.41. The number of carbonyl (C=O) groups is 4. The van der Waals surface area contributed by atoms with Crippen molar-refractivity contribution < 1.29 is 19.2 Å². The molecule has 9 heteroatoms. The first kappa shape index (κ1) is 29.8. The summed E-state index contributed by atoms with van der Waals surface area (Å²) in [5, 5.41) is 3.78. The third kappa shape index (κ3) is 6.76. The smallest absolute Gasteiger partial charge is 0.243 e. The van der Waals surface area contributed by atoms with Gasteiger partial charge in [-0.3, -0.25) is 24.1 Å². The minimum absolute atomic E-state index is 0.000170. The normalized spacial score (nSPS) is 19.8. The van der Waals surface area contributed by atoms with Crippen molar-refractivity contribution in [2.45, 2.75) is 64.6 Å². The Morgan fingerprint density at radius 3 is 2.15 bits per heavy atom. The van der Waals surface area contributed by atoms with E-state index in [0.717, 1.165) is 12.0 Å². The van der Waals surface area contributed by atoms with Crippen LogP contribution >= 0.6 is 23.2 Å². The average Bonchev–Trinajstić information content (AvgIpc) is 3.20. The molecule has 7 nitrogen and oxygen atoms in total. The van der Waals surface area contributed by atoms with Crippen molar-refractivity contribution in [3.8, 4) is 0 Å². The van der Waals surface area contributed by atoms with Gasteiger partial charge in [0.25, 0.3) is 0 Å². The summed E-state index contributed by atoms with van der Waals surface area (Å²) in [4.78, 5) is 56.3. The SMILES string of the molecule is CC[C@@H](C)NC(=O)[C@@H](Cc1ccccc1)N(Cc1c(Cl)cccc1Cl)C(=O)CCN1C(=O)[C@H]2CC=CC[C@H]2C1=O. The largest absolute Gasteiger partial charge is 0.352 e. The highest BCUT2D eigenvalue weighted by Crippen LogP contribution is 2.35. The highest BCUT2D eigenvalue weighted by Gasteiger charge is 2.47. The number of carbonyl (C=O) groups excluding carboxylic acids is 4. The molecule has 2 aromatic carbocycles. The van der Waals surface area contributed by atoms with Gasteiger partial charge in [-0.25, -0.2) is 0 Å². The lowest BCUT2D eigenvalue weighted by atomic mass is 9.85. The van der Waals surface area contributed by atoms with E-state index in [2.05, 4.69) is 5.32 Å². The number of rotatable bonds is 11. The van der Waals surface area contributed by atoms with Crippen LogP contribution in [0.1, 0.15) is 50.7 Å². The van der Waals surface area contributed by atoms with Crippen LogP contribution < -0.4 is 5.32 Å². The van der Waals surface area contributed by atoms with Crippen molar-refractivity contribution in [3.05, 3.63) is 81.9 Å². The summed E-state index contributed by atoms with van der Waals surface area (Å²) in [6.45, 7) is 3.84. The number of halogens is 2. The van der Waals surface area contributed by atoms with Gasteiger partial charge in [-0.15, -0.1) is 0 Å². The lowest BCUT2D eigenvalue weighted by Crippen LogP contribution is -2.52. The first-order valence-electron chi connectivity index (χ1n) is 13.8. The maximum atomic E-state index is 13.9. The average molecular weight is 585 g/mol. The Hall–Kier alpha value is -3.16. The number of amides is 4. The van der Waals surface area contributed by atoms with E-state index in [4.69, 9.17) is 23.2 Å². The molecule has 212 valence electrons. The molecule has 1 heterocycles. The third-order valence-corrected chi connectivity index (χ3v) is 8.52. The topological polar surface area (TPSA) is 86.8 Å². The van der Waals surface area contributed by atoms with Crippen LogP contribution in [0.5, 0.6) is 0 Å². The minimum Gasteiger partial charge on any atom is -0.352 e. The second-order valence-electron chi connectivity index (χ2n) is 10.5. The number of imide groups is 1. The van der Waals surface area contributed by atoms with Gasteiger partial charge < -0.3 is 10.2 Å². The predicted octanol–water partition coefficient (Wildman–Crippen LogP) is 5.19. The zero-order valence-electron chi connectivity index (χ0n) is 22.8. The number of nitrogens with zero attached hydrogens (tertiary/aromatic N) is 2. The summed E-state index contributed by atoms with van der Waals surface area (Å²) < 4.78 is 0. The van der Waals surface area contributed by atoms with Crippen LogP contribution in [0.2, 0.25) is 10.0 Å². The van der Waals surface area contributed by atoms with Crippen molar-refractivity contribution in [1.29, 1.82) is 0 Å². The van der Waals surface area contributed by atoms with Crippen molar-refractivity contribution in [1.82, 2.24) is 15.1 Å². The van der Waals surface area contributed by atoms with Crippen molar-refractivity contribution in [3.63, 3.8) is 0 Å². The molecule has 0 unspecified atom stereocenters. The van der Waals surface area contributed by atoms with Crippen LogP contribution in [0, 0.1) is 11.8 Å². The molecular weight excluding hydrogens is 549 g/mol. The van der Waals surface area contributed by atoms with Gasteiger partial charge in [-0.2, -0.15) is 0 Å². The summed E-state index contributed by atoms with van der Waals surface area (Å²) in [7, 11) is 0. The summed E-state index contributed by atoms with van der Waals surface area (Å²) >= 11 is 13.0. The van der Waals surface area contributed by atoms with Gasteiger partial charge in [-0.05, 0) is 43.9 Å². The van der Waals surface area contributed by atoms with Crippen LogP contribution in [0.4, 0.5) is 0 Å². The molecule has 2 aliphatic rings. The number of hydrogen-bond donors (Lipinski definition) is 1.